The van der Waals surface area contributed by atoms with Gasteiger partial charge in [-0.25, -0.2) is 4.79 Å². The summed E-state index contributed by atoms with van der Waals surface area (Å²) in [6.07, 6.45) is 1.58. The number of carbonyl (C=O) groups excluding carboxylic acids is 1. The van der Waals surface area contributed by atoms with Crippen LogP contribution in [0.1, 0.15) is 6.42 Å². The molecule has 13 heavy (non-hydrogen) atoms. The van der Waals surface area contributed by atoms with Crippen LogP contribution in [0.2, 0.25) is 0 Å². The van der Waals surface area contributed by atoms with Crippen molar-refractivity contribution in [2.45, 2.75) is 6.42 Å². The van der Waals surface area contributed by atoms with Crippen LogP contribution in [-0.4, -0.2) is 34.1 Å². The summed E-state index contributed by atoms with van der Waals surface area (Å²) in [6, 6.07) is 0. The van der Waals surface area contributed by atoms with Crippen LogP contribution in [0, 0.1) is 0 Å². The molecule has 0 heterocycles. The van der Waals surface area contributed by atoms with E-state index in [1.54, 1.807) is 0 Å². The minimum atomic E-state index is -3.13. The van der Waals surface area contributed by atoms with Gasteiger partial charge in [-0.15, -0.1) is 0 Å². The number of hydrogen-bond donors (Lipinski definition) is 3. The van der Waals surface area contributed by atoms with Gasteiger partial charge in [0, 0.05) is 19.1 Å². The van der Waals surface area contributed by atoms with E-state index in [2.05, 4.69) is 11.3 Å². The smallest absolute Gasteiger partial charge is 0.330 e. The van der Waals surface area contributed by atoms with E-state index in [9.17, 15) is 4.79 Å². The molecule has 0 atom stereocenters. The van der Waals surface area contributed by atoms with Crippen molar-refractivity contribution in [3.8, 4) is 0 Å². The van der Waals surface area contributed by atoms with Crippen molar-refractivity contribution < 1.29 is 29.0 Å². The fourth-order valence-electron chi connectivity index (χ4n) is 0.296. The molecule has 0 fully saturated rings. The van der Waals surface area contributed by atoms with E-state index in [0.29, 0.717) is 6.42 Å². The highest BCUT2D eigenvalue weighted by Gasteiger charge is 1.91. The zero-order valence-corrected chi connectivity index (χ0v) is 7.97. The second-order valence-electron chi connectivity index (χ2n) is 1.73. The van der Waals surface area contributed by atoms with Crippen LogP contribution in [-0.2, 0) is 14.1 Å². The molecule has 0 aromatic heterocycles. The zero-order valence-electron chi connectivity index (χ0n) is 6.97. The van der Waals surface area contributed by atoms with E-state index in [1.165, 1.54) is 0 Å². The van der Waals surface area contributed by atoms with Crippen LogP contribution < -0.4 is 0 Å². The van der Waals surface area contributed by atoms with Gasteiger partial charge in [-0.1, -0.05) is 6.58 Å². The Hall–Kier alpha value is -0.680. The highest BCUT2D eigenvalue weighted by Crippen LogP contribution is 1.98. The molecule has 0 saturated carbocycles. The fourth-order valence-corrected chi connectivity index (χ4v) is 0.296. The first-order chi connectivity index (χ1) is 6.04. The highest BCUT2D eigenvalue weighted by atomic mass is 31.1. The lowest BCUT2D eigenvalue weighted by molar-refractivity contribution is -0.137. The van der Waals surface area contributed by atoms with Crippen LogP contribution in [0.25, 0.3) is 0 Å². The number of aliphatic hydroxyl groups is 1. The molecule has 0 aliphatic carbocycles. The Morgan fingerprint density at radius 2 is 2.00 bits per heavy atom. The SMILES string of the molecule is C=CC(=O)OCCCO.O=[PH](O)O. The summed E-state index contributed by atoms with van der Waals surface area (Å²) < 4.78 is 13.3. The first kappa shape index (κ1) is 14.8. The van der Waals surface area contributed by atoms with E-state index in [0.717, 1.165) is 6.08 Å². The molecule has 3 N–H and O–H groups in total. The van der Waals surface area contributed by atoms with Crippen LogP contribution in [0.3, 0.4) is 0 Å². The van der Waals surface area contributed by atoms with Crippen molar-refractivity contribution in [3.63, 3.8) is 0 Å². The number of hydrogen-bond acceptors (Lipinski definition) is 4. The third kappa shape index (κ3) is 24.6. The molecule has 6 nitrogen and oxygen atoms in total. The Kier molecular flexibility index (Phi) is 12.9. The van der Waals surface area contributed by atoms with Gasteiger partial charge in [0.15, 0.2) is 0 Å². The first-order valence-corrected chi connectivity index (χ1v) is 4.66. The summed E-state index contributed by atoms with van der Waals surface area (Å²) in [5, 5.41) is 8.23. The number of carbonyl (C=O) groups is 1. The van der Waals surface area contributed by atoms with E-state index in [-0.39, 0.29) is 13.2 Å². The Morgan fingerprint density at radius 1 is 1.54 bits per heavy atom. The Morgan fingerprint density at radius 3 is 2.31 bits per heavy atom. The number of ether oxygens (including phenoxy) is 1. The van der Waals surface area contributed by atoms with Crippen LogP contribution in [0.15, 0.2) is 12.7 Å². The molecule has 0 spiro atoms. The van der Waals surface area contributed by atoms with Gasteiger partial charge in [0.05, 0.1) is 6.61 Å². The lowest BCUT2D eigenvalue weighted by Crippen LogP contribution is -2.02. The highest BCUT2D eigenvalue weighted by molar-refractivity contribution is 7.30. The second-order valence-corrected chi connectivity index (χ2v) is 2.30. The van der Waals surface area contributed by atoms with Gasteiger partial charge in [0.1, 0.15) is 0 Å². The van der Waals surface area contributed by atoms with E-state index in [1.807, 2.05) is 0 Å². The number of aliphatic hydroxyl groups excluding tert-OH is 1. The predicted octanol–water partition coefficient (Wildman–Crippen LogP) is -0.541. The molecule has 0 aromatic rings. The van der Waals surface area contributed by atoms with Gasteiger partial charge in [-0.3, -0.25) is 4.57 Å². The van der Waals surface area contributed by atoms with Crippen molar-refractivity contribution in [1.29, 1.82) is 0 Å². The molecule has 0 aliphatic heterocycles. The van der Waals surface area contributed by atoms with Gasteiger partial charge >= 0.3 is 14.2 Å². The van der Waals surface area contributed by atoms with Crippen LogP contribution >= 0.6 is 8.25 Å². The topological polar surface area (TPSA) is 104 Å². The molecule has 78 valence electrons. The van der Waals surface area contributed by atoms with E-state index >= 15 is 0 Å². The van der Waals surface area contributed by atoms with Crippen molar-refractivity contribution in [2.75, 3.05) is 13.2 Å². The number of esters is 1. The lowest BCUT2D eigenvalue weighted by Gasteiger charge is -1.96. The van der Waals surface area contributed by atoms with Crippen LogP contribution in [0.5, 0.6) is 0 Å². The Balaban J connectivity index is 0. The predicted molar refractivity (Wildman–Crippen MR) is 46.3 cm³/mol. The van der Waals surface area contributed by atoms with Crippen LogP contribution in [0.4, 0.5) is 0 Å². The minimum absolute atomic E-state index is 0.0461. The zero-order chi connectivity index (χ0) is 10.7. The average Bonchev–Trinajstić information content (AvgIpc) is 2.03. The van der Waals surface area contributed by atoms with E-state index < -0.39 is 14.2 Å². The van der Waals surface area contributed by atoms with Gasteiger partial charge in [-0.05, 0) is 0 Å². The summed E-state index contributed by atoms with van der Waals surface area (Å²) in [7, 11) is -3.13. The second kappa shape index (κ2) is 11.3. The van der Waals surface area contributed by atoms with Gasteiger partial charge in [-0.2, -0.15) is 0 Å². The molecule has 0 rings (SSSR count). The Labute approximate surface area is 76.4 Å². The molecule has 0 bridgehead atoms. The van der Waals surface area contributed by atoms with Gasteiger partial charge < -0.3 is 19.6 Å². The number of rotatable bonds is 4. The van der Waals surface area contributed by atoms with Crippen molar-refractivity contribution in [2.24, 2.45) is 0 Å². The fraction of sp³-hybridized carbons (Fsp3) is 0.500. The molecule has 0 unspecified atom stereocenters. The largest absolute Gasteiger partial charge is 0.462 e. The average molecular weight is 212 g/mol. The molecule has 0 saturated heterocycles. The third-order valence-electron chi connectivity index (χ3n) is 0.713. The third-order valence-corrected chi connectivity index (χ3v) is 0.713. The molecule has 0 aromatic carbocycles. The normalized spacial score (nSPS) is 8.62. The summed E-state index contributed by atoms with van der Waals surface area (Å²) in [5.41, 5.74) is 0. The summed E-state index contributed by atoms with van der Waals surface area (Å²) in [6.45, 7) is 3.51. The monoisotopic (exact) mass is 212 g/mol. The maximum Gasteiger partial charge on any atom is 0.330 e. The van der Waals surface area contributed by atoms with Gasteiger partial charge in [0.25, 0.3) is 0 Å². The summed E-state index contributed by atoms with van der Waals surface area (Å²) in [5.74, 6) is -0.441. The Bertz CT molecular complexity index is 165. The standard InChI is InChI=1S/C6H10O3.H3O3P/c1-2-6(8)9-5-3-4-7;1-4(2)3/h2,7H,1,3-5H2;4H,(H2,1,2,3). The summed E-state index contributed by atoms with van der Waals surface area (Å²) >= 11 is 0. The molecule has 0 amide bonds. The molecule has 0 radical (unpaired) electrons. The summed E-state index contributed by atoms with van der Waals surface area (Å²) in [4.78, 5) is 24.6. The molecular formula is C6H13O6P. The lowest BCUT2D eigenvalue weighted by atomic mass is 10.5. The quantitative estimate of drug-likeness (QED) is 0.250. The van der Waals surface area contributed by atoms with E-state index in [4.69, 9.17) is 19.5 Å². The molecule has 7 heteroatoms. The molecular weight excluding hydrogens is 199 g/mol. The van der Waals surface area contributed by atoms with Crippen molar-refractivity contribution in [1.82, 2.24) is 0 Å². The van der Waals surface area contributed by atoms with Crippen molar-refractivity contribution in [3.05, 3.63) is 12.7 Å². The maximum atomic E-state index is 10.3. The first-order valence-electron chi connectivity index (χ1n) is 3.36. The maximum absolute atomic E-state index is 10.3. The van der Waals surface area contributed by atoms with Crippen molar-refractivity contribution >= 4 is 14.2 Å². The minimum Gasteiger partial charge on any atom is -0.462 e. The van der Waals surface area contributed by atoms with Gasteiger partial charge in [0.2, 0.25) is 0 Å². The molecule has 0 aliphatic rings.